The van der Waals surface area contributed by atoms with E-state index in [1.54, 1.807) is 6.92 Å². The zero-order valence-corrected chi connectivity index (χ0v) is 12.1. The number of hydrogen-bond acceptors (Lipinski definition) is 5. The van der Waals surface area contributed by atoms with Crippen molar-refractivity contribution in [2.45, 2.75) is 50.4 Å². The van der Waals surface area contributed by atoms with Crippen molar-refractivity contribution in [2.24, 2.45) is 0 Å². The molecule has 6 nitrogen and oxygen atoms in total. The van der Waals surface area contributed by atoms with Crippen LogP contribution in [0.3, 0.4) is 0 Å². The van der Waals surface area contributed by atoms with Crippen LogP contribution in [0.5, 0.6) is 0 Å². The maximum absolute atomic E-state index is 11.8. The largest absolute Gasteiger partial charge is 0.340 e. The lowest BCUT2D eigenvalue weighted by molar-refractivity contribution is 0.232. The van der Waals surface area contributed by atoms with Crippen LogP contribution in [0.4, 0.5) is 4.79 Å². The Hall–Kier alpha value is -1.24. The summed E-state index contributed by atoms with van der Waals surface area (Å²) in [6, 6.07) is 0.118. The predicted molar refractivity (Wildman–Crippen MR) is 74.0 cm³/mol. The number of nitrogens with zero attached hydrogens (tertiary/aromatic N) is 2. The van der Waals surface area contributed by atoms with Crippen molar-refractivity contribution < 1.29 is 9.32 Å². The average molecular weight is 284 g/mol. The topological polar surface area (TPSA) is 80.0 Å². The molecule has 1 aliphatic carbocycles. The number of carbonyl (C=O) groups excluding carboxylic acids is 1. The van der Waals surface area contributed by atoms with Crippen molar-refractivity contribution >= 4 is 17.8 Å². The van der Waals surface area contributed by atoms with Crippen molar-refractivity contribution in [3.8, 4) is 0 Å². The maximum Gasteiger partial charge on any atom is 0.315 e. The summed E-state index contributed by atoms with van der Waals surface area (Å²) in [6.07, 6.45) is 6.68. The van der Waals surface area contributed by atoms with Gasteiger partial charge in [0, 0.05) is 18.2 Å². The Labute approximate surface area is 117 Å². The summed E-state index contributed by atoms with van der Waals surface area (Å²) >= 11 is 1.89. The van der Waals surface area contributed by atoms with Crippen molar-refractivity contribution in [3.05, 3.63) is 11.7 Å². The van der Waals surface area contributed by atoms with Crippen LogP contribution in [0.2, 0.25) is 0 Å². The zero-order valence-electron chi connectivity index (χ0n) is 11.3. The molecule has 1 heterocycles. The van der Waals surface area contributed by atoms with E-state index in [2.05, 4.69) is 27.0 Å². The third-order valence-electron chi connectivity index (χ3n) is 3.27. The molecule has 0 bridgehead atoms. The molecule has 1 aliphatic rings. The molecule has 106 valence electrons. The molecule has 0 spiro atoms. The van der Waals surface area contributed by atoms with Gasteiger partial charge in [0.15, 0.2) is 5.82 Å². The second-order valence-corrected chi connectivity index (χ2v) is 5.92. The molecule has 1 aromatic heterocycles. The molecular formula is C12H20N4O2S. The molecule has 0 unspecified atom stereocenters. The van der Waals surface area contributed by atoms with Gasteiger partial charge in [-0.3, -0.25) is 0 Å². The molecule has 2 amide bonds. The normalized spacial score (nSPS) is 23.1. The number of aryl methyl sites for hydroxylation is 1. The van der Waals surface area contributed by atoms with Gasteiger partial charge < -0.3 is 15.2 Å². The Balaban J connectivity index is 1.72. The number of amides is 2. The summed E-state index contributed by atoms with van der Waals surface area (Å²) in [4.78, 5) is 15.8. The minimum atomic E-state index is -0.158. The van der Waals surface area contributed by atoms with Gasteiger partial charge in [0.1, 0.15) is 0 Å². The molecule has 2 rings (SSSR count). The Morgan fingerprint density at radius 2 is 2.37 bits per heavy atom. The highest BCUT2D eigenvalue weighted by molar-refractivity contribution is 7.99. The highest BCUT2D eigenvalue weighted by atomic mass is 32.2. The molecule has 1 fully saturated rings. The summed E-state index contributed by atoms with van der Waals surface area (Å²) in [6.45, 7) is 2.02. The van der Waals surface area contributed by atoms with Crippen LogP contribution in [0.1, 0.15) is 37.4 Å². The van der Waals surface area contributed by atoms with Crippen LogP contribution in [0, 0.1) is 6.92 Å². The van der Waals surface area contributed by atoms with Gasteiger partial charge in [-0.2, -0.15) is 16.7 Å². The van der Waals surface area contributed by atoms with E-state index in [1.165, 1.54) is 12.8 Å². The molecule has 0 radical (unpaired) electrons. The Kier molecular flexibility index (Phi) is 5.07. The van der Waals surface area contributed by atoms with Crippen LogP contribution >= 0.6 is 11.8 Å². The lowest BCUT2D eigenvalue weighted by atomic mass is 9.95. The van der Waals surface area contributed by atoms with E-state index in [4.69, 9.17) is 4.52 Å². The van der Waals surface area contributed by atoms with E-state index in [0.29, 0.717) is 23.5 Å². The van der Waals surface area contributed by atoms with Crippen LogP contribution in [-0.4, -0.2) is 33.7 Å². The minimum absolute atomic E-state index is 0.158. The van der Waals surface area contributed by atoms with Gasteiger partial charge >= 0.3 is 6.03 Å². The first-order valence-corrected chi connectivity index (χ1v) is 7.82. The minimum Gasteiger partial charge on any atom is -0.340 e. The lowest BCUT2D eigenvalue weighted by Gasteiger charge is -2.28. The first-order chi connectivity index (χ1) is 9.17. The fourth-order valence-electron chi connectivity index (χ4n) is 2.30. The highest BCUT2D eigenvalue weighted by Crippen LogP contribution is 2.26. The van der Waals surface area contributed by atoms with Crippen LogP contribution in [0.15, 0.2) is 4.52 Å². The van der Waals surface area contributed by atoms with Crippen LogP contribution in [0.25, 0.3) is 0 Å². The second-order valence-electron chi connectivity index (χ2n) is 4.78. The third-order valence-corrected chi connectivity index (χ3v) is 4.37. The number of nitrogens with one attached hydrogen (secondary N) is 2. The van der Waals surface area contributed by atoms with Crippen molar-refractivity contribution in [1.82, 2.24) is 20.8 Å². The number of thioether (sulfide) groups is 1. The van der Waals surface area contributed by atoms with Crippen LogP contribution < -0.4 is 10.6 Å². The van der Waals surface area contributed by atoms with Gasteiger partial charge in [0.25, 0.3) is 0 Å². The predicted octanol–water partition coefficient (Wildman–Crippen LogP) is 1.85. The van der Waals surface area contributed by atoms with Crippen molar-refractivity contribution in [3.63, 3.8) is 0 Å². The SMILES string of the molecule is CS[C@H]1CCC[C@@H](NC(=O)NCc2noc(C)n2)C1. The summed E-state index contributed by atoms with van der Waals surface area (Å²) in [7, 11) is 0. The fourth-order valence-corrected chi connectivity index (χ4v) is 3.13. The maximum atomic E-state index is 11.8. The molecule has 1 aromatic rings. The fraction of sp³-hybridized carbons (Fsp3) is 0.750. The number of rotatable bonds is 4. The third kappa shape index (κ3) is 4.41. The molecule has 19 heavy (non-hydrogen) atoms. The summed E-state index contributed by atoms with van der Waals surface area (Å²) in [5.41, 5.74) is 0. The number of hydrogen-bond donors (Lipinski definition) is 2. The molecule has 0 aliphatic heterocycles. The second kappa shape index (κ2) is 6.79. The molecule has 0 saturated heterocycles. The Morgan fingerprint density at radius 3 is 3.05 bits per heavy atom. The molecule has 0 aromatic carbocycles. The first kappa shape index (κ1) is 14.2. The van der Waals surface area contributed by atoms with E-state index in [0.717, 1.165) is 12.8 Å². The van der Waals surface area contributed by atoms with E-state index in [9.17, 15) is 4.79 Å². The van der Waals surface area contributed by atoms with Gasteiger partial charge in [0.2, 0.25) is 5.89 Å². The van der Waals surface area contributed by atoms with Crippen molar-refractivity contribution in [2.75, 3.05) is 6.26 Å². The average Bonchev–Trinajstić information content (AvgIpc) is 2.82. The van der Waals surface area contributed by atoms with E-state index >= 15 is 0 Å². The van der Waals surface area contributed by atoms with Crippen molar-refractivity contribution in [1.29, 1.82) is 0 Å². The highest BCUT2D eigenvalue weighted by Gasteiger charge is 2.22. The van der Waals surface area contributed by atoms with Crippen LogP contribution in [-0.2, 0) is 6.54 Å². The van der Waals surface area contributed by atoms with E-state index in [-0.39, 0.29) is 12.1 Å². The summed E-state index contributed by atoms with van der Waals surface area (Å²) in [5.74, 6) is 1.01. The van der Waals surface area contributed by atoms with Gasteiger partial charge in [-0.25, -0.2) is 4.79 Å². The van der Waals surface area contributed by atoms with Gasteiger partial charge in [-0.15, -0.1) is 0 Å². The Morgan fingerprint density at radius 1 is 1.53 bits per heavy atom. The monoisotopic (exact) mass is 284 g/mol. The molecule has 1 saturated carbocycles. The number of carbonyl (C=O) groups is 1. The molecule has 2 atom stereocenters. The van der Waals surface area contributed by atoms with Gasteiger partial charge in [-0.05, 0) is 25.5 Å². The van der Waals surface area contributed by atoms with E-state index in [1.807, 2.05) is 11.8 Å². The van der Waals surface area contributed by atoms with E-state index < -0.39 is 0 Å². The number of aromatic nitrogens is 2. The summed E-state index contributed by atoms with van der Waals surface area (Å²) in [5, 5.41) is 10.2. The lowest BCUT2D eigenvalue weighted by Crippen LogP contribution is -2.44. The Bertz CT molecular complexity index is 424. The first-order valence-electron chi connectivity index (χ1n) is 6.53. The summed E-state index contributed by atoms with van der Waals surface area (Å²) < 4.78 is 4.84. The standard InChI is InChI=1S/C12H20N4O2S/c1-8-14-11(16-18-8)7-13-12(17)15-9-4-3-5-10(6-9)19-2/h9-10H,3-7H2,1-2H3,(H2,13,15,17)/t9-,10+/m1/s1. The zero-order chi connectivity index (χ0) is 13.7. The number of urea groups is 1. The quantitative estimate of drug-likeness (QED) is 0.882. The molecule has 7 heteroatoms. The molecule has 2 N–H and O–H groups in total. The van der Waals surface area contributed by atoms with Gasteiger partial charge in [0.05, 0.1) is 6.54 Å². The van der Waals surface area contributed by atoms with Gasteiger partial charge in [-0.1, -0.05) is 11.6 Å². The molecular weight excluding hydrogens is 264 g/mol. The smallest absolute Gasteiger partial charge is 0.315 e.